The molecule has 2 aromatic rings. The molecular weight excluding hydrogens is 304 g/mol. The van der Waals surface area contributed by atoms with Crippen LogP contribution in [-0.4, -0.2) is 29.7 Å². The minimum atomic E-state index is 0.329. The predicted octanol–water partition coefficient (Wildman–Crippen LogP) is 2.48. The smallest absolute Gasteiger partial charge is 0.154 e. The van der Waals surface area contributed by atoms with E-state index in [2.05, 4.69) is 75.8 Å². The molecule has 8 heteroatoms. The van der Waals surface area contributed by atoms with Crippen LogP contribution in [0.5, 0.6) is 0 Å². The van der Waals surface area contributed by atoms with Crippen molar-refractivity contribution in [3.8, 4) is 0 Å². The Bertz CT molecular complexity index is 529. The number of nitrogens with zero attached hydrogens (tertiary/aromatic N) is 6. The summed E-state index contributed by atoms with van der Waals surface area (Å²) in [5.74, 6) is 16.3. The van der Waals surface area contributed by atoms with Crippen molar-refractivity contribution in [2.24, 2.45) is 0 Å². The summed E-state index contributed by atoms with van der Waals surface area (Å²) in [4.78, 5) is 0. The highest BCUT2D eigenvalue weighted by Gasteiger charge is 2.15. The fraction of sp³-hybridized carbons (Fsp3) is 0.750. The van der Waals surface area contributed by atoms with Crippen molar-refractivity contribution in [2.45, 2.75) is 79.1 Å². The molecule has 0 amide bonds. The van der Waals surface area contributed by atoms with E-state index in [4.69, 9.17) is 11.7 Å². The van der Waals surface area contributed by atoms with Gasteiger partial charge in [-0.05, 0) is 0 Å². The van der Waals surface area contributed by atoms with Gasteiger partial charge in [-0.25, -0.2) is 9.35 Å². The molecule has 0 unspecified atom stereocenters. The molecule has 24 heavy (non-hydrogen) atoms. The number of rotatable bonds is 4. The summed E-state index contributed by atoms with van der Waals surface area (Å²) >= 11 is 0. The maximum atomic E-state index is 5.80. The van der Waals surface area contributed by atoms with Gasteiger partial charge in [-0.3, -0.25) is 0 Å². The van der Waals surface area contributed by atoms with E-state index in [1.165, 1.54) is 0 Å². The van der Waals surface area contributed by atoms with Crippen molar-refractivity contribution in [3.63, 3.8) is 0 Å². The summed E-state index contributed by atoms with van der Waals surface area (Å²) in [6, 6.07) is 0. The Morgan fingerprint density at radius 1 is 0.500 bits per heavy atom. The summed E-state index contributed by atoms with van der Waals surface area (Å²) in [6.07, 6.45) is 0. The summed E-state index contributed by atoms with van der Waals surface area (Å²) in [5, 5.41) is 16.1. The molecule has 2 aromatic heterocycles. The van der Waals surface area contributed by atoms with Gasteiger partial charge >= 0.3 is 0 Å². The second kappa shape index (κ2) is 8.12. The molecule has 8 nitrogen and oxygen atoms in total. The van der Waals surface area contributed by atoms with Crippen LogP contribution in [0.25, 0.3) is 0 Å². The lowest BCUT2D eigenvalue weighted by molar-refractivity contribution is 0.689. The normalized spacial score (nSPS) is 11.5. The van der Waals surface area contributed by atoms with Gasteiger partial charge in [-0.1, -0.05) is 55.4 Å². The molecule has 0 fully saturated rings. The van der Waals surface area contributed by atoms with Gasteiger partial charge in [0, 0.05) is 23.7 Å². The molecule has 0 bridgehead atoms. The van der Waals surface area contributed by atoms with Crippen LogP contribution >= 0.6 is 0 Å². The largest absolute Gasteiger partial charge is 0.336 e. The second-order valence-electron chi connectivity index (χ2n) is 7.19. The fourth-order valence-electron chi connectivity index (χ4n) is 2.21. The third-order valence-corrected chi connectivity index (χ3v) is 3.56. The van der Waals surface area contributed by atoms with Crippen molar-refractivity contribution >= 4 is 0 Å². The van der Waals surface area contributed by atoms with Gasteiger partial charge in [0.15, 0.2) is 23.3 Å². The van der Waals surface area contributed by atoms with E-state index < -0.39 is 0 Å². The first-order valence-electron chi connectivity index (χ1n) is 8.48. The quantitative estimate of drug-likeness (QED) is 0.829. The van der Waals surface area contributed by atoms with Gasteiger partial charge in [0.25, 0.3) is 0 Å². The minimum Gasteiger partial charge on any atom is -0.336 e. The molecule has 0 aliphatic carbocycles. The average Bonchev–Trinajstić information content (AvgIpc) is 3.02. The van der Waals surface area contributed by atoms with Crippen LogP contribution in [0.2, 0.25) is 0 Å². The predicted molar refractivity (Wildman–Crippen MR) is 96.7 cm³/mol. The molecule has 0 aliphatic heterocycles. The monoisotopic (exact) mass is 336 g/mol. The standard InChI is InChI=1S/2C8H16N4/c2*1-5(2)7-10-11-8(6(3)4)12(7)9/h2*5-6H,9H2,1-4H3. The zero-order valence-corrected chi connectivity index (χ0v) is 16.1. The Hall–Kier alpha value is -2.12. The Kier molecular flexibility index (Phi) is 6.74. The van der Waals surface area contributed by atoms with E-state index in [1.54, 1.807) is 9.35 Å². The number of hydrogen-bond acceptors (Lipinski definition) is 6. The molecule has 2 heterocycles. The van der Waals surface area contributed by atoms with Crippen LogP contribution in [0, 0.1) is 0 Å². The van der Waals surface area contributed by atoms with Crippen molar-refractivity contribution < 1.29 is 0 Å². The molecular formula is C16H32N8. The molecule has 0 atom stereocenters. The molecule has 0 saturated carbocycles. The topological polar surface area (TPSA) is 113 Å². The number of aromatic nitrogens is 6. The lowest BCUT2D eigenvalue weighted by atomic mass is 10.2. The van der Waals surface area contributed by atoms with Gasteiger partial charge < -0.3 is 11.7 Å². The lowest BCUT2D eigenvalue weighted by Crippen LogP contribution is -2.17. The van der Waals surface area contributed by atoms with E-state index in [0.29, 0.717) is 23.7 Å². The number of nitrogens with two attached hydrogens (primary N) is 2. The zero-order chi connectivity index (χ0) is 18.6. The third-order valence-electron chi connectivity index (χ3n) is 3.56. The van der Waals surface area contributed by atoms with Crippen molar-refractivity contribution in [1.29, 1.82) is 0 Å². The van der Waals surface area contributed by atoms with E-state index in [9.17, 15) is 0 Å². The summed E-state index contributed by atoms with van der Waals surface area (Å²) in [5.41, 5.74) is 0. The van der Waals surface area contributed by atoms with Crippen LogP contribution in [0.1, 0.15) is 102 Å². The fourth-order valence-corrected chi connectivity index (χ4v) is 2.21. The van der Waals surface area contributed by atoms with Crippen LogP contribution in [0.15, 0.2) is 0 Å². The Morgan fingerprint density at radius 3 is 0.750 bits per heavy atom. The number of hydrogen-bond donors (Lipinski definition) is 2. The highest BCUT2D eigenvalue weighted by Crippen LogP contribution is 2.16. The van der Waals surface area contributed by atoms with Crippen LogP contribution < -0.4 is 11.7 Å². The van der Waals surface area contributed by atoms with Crippen LogP contribution in [-0.2, 0) is 0 Å². The summed E-state index contributed by atoms with van der Waals surface area (Å²) < 4.78 is 3.19. The average molecular weight is 336 g/mol. The Balaban J connectivity index is 0.000000240. The first-order valence-corrected chi connectivity index (χ1v) is 8.48. The van der Waals surface area contributed by atoms with E-state index in [1.807, 2.05) is 0 Å². The van der Waals surface area contributed by atoms with Gasteiger partial charge in [0.1, 0.15) is 0 Å². The SMILES string of the molecule is CC(C)c1nnc(C(C)C)n1N.CC(C)c1nnc(C(C)C)n1N. The Labute approximate surface area is 144 Å². The van der Waals surface area contributed by atoms with Gasteiger partial charge in [0.2, 0.25) is 0 Å². The molecule has 2 rings (SSSR count). The summed E-state index contributed by atoms with van der Waals surface area (Å²) in [7, 11) is 0. The molecule has 136 valence electrons. The van der Waals surface area contributed by atoms with Gasteiger partial charge in [0.05, 0.1) is 0 Å². The molecule has 0 radical (unpaired) electrons. The maximum absolute atomic E-state index is 5.80. The summed E-state index contributed by atoms with van der Waals surface area (Å²) in [6.45, 7) is 16.4. The highest BCUT2D eigenvalue weighted by atomic mass is 15.4. The van der Waals surface area contributed by atoms with Gasteiger partial charge in [-0.2, -0.15) is 0 Å². The maximum Gasteiger partial charge on any atom is 0.154 e. The van der Waals surface area contributed by atoms with Crippen molar-refractivity contribution in [1.82, 2.24) is 29.7 Å². The van der Waals surface area contributed by atoms with E-state index in [-0.39, 0.29) is 0 Å². The molecule has 4 N–H and O–H groups in total. The second-order valence-corrected chi connectivity index (χ2v) is 7.19. The van der Waals surface area contributed by atoms with Crippen LogP contribution in [0.4, 0.5) is 0 Å². The molecule has 0 saturated heterocycles. The lowest BCUT2D eigenvalue weighted by Gasteiger charge is -2.07. The van der Waals surface area contributed by atoms with Crippen molar-refractivity contribution in [3.05, 3.63) is 23.3 Å². The molecule has 0 spiro atoms. The van der Waals surface area contributed by atoms with E-state index in [0.717, 1.165) is 23.3 Å². The first-order chi connectivity index (χ1) is 11.1. The van der Waals surface area contributed by atoms with Crippen LogP contribution in [0.3, 0.4) is 0 Å². The van der Waals surface area contributed by atoms with E-state index >= 15 is 0 Å². The minimum absolute atomic E-state index is 0.329. The third kappa shape index (κ3) is 4.46. The molecule has 0 aliphatic rings. The van der Waals surface area contributed by atoms with Gasteiger partial charge in [-0.15, -0.1) is 20.4 Å². The Morgan fingerprint density at radius 2 is 0.667 bits per heavy atom. The first kappa shape index (κ1) is 19.9. The van der Waals surface area contributed by atoms with Crippen molar-refractivity contribution in [2.75, 3.05) is 11.7 Å². The molecule has 0 aromatic carbocycles. The number of nitrogen functional groups attached to an aromatic ring is 2. The zero-order valence-electron chi connectivity index (χ0n) is 16.1. The highest BCUT2D eigenvalue weighted by molar-refractivity contribution is 5.03.